The summed E-state index contributed by atoms with van der Waals surface area (Å²) in [5, 5.41) is 4.30. The third-order valence-corrected chi connectivity index (χ3v) is 4.61. The van der Waals surface area contributed by atoms with Crippen LogP contribution in [0.15, 0.2) is 67.0 Å². The fourth-order valence-electron chi connectivity index (χ4n) is 3.16. The molecular formula is C20H19FN4O. The van der Waals surface area contributed by atoms with E-state index in [1.54, 1.807) is 29.2 Å². The number of amides is 1. The molecule has 0 unspecified atom stereocenters. The van der Waals surface area contributed by atoms with Crippen LogP contribution in [0.2, 0.25) is 0 Å². The van der Waals surface area contributed by atoms with Gasteiger partial charge in [-0.1, -0.05) is 18.2 Å². The maximum atomic E-state index is 13.1. The van der Waals surface area contributed by atoms with Gasteiger partial charge in [-0.05, 0) is 36.4 Å². The first-order chi connectivity index (χ1) is 12.7. The number of carbonyl (C=O) groups excluding carboxylic acids is 1. The molecule has 2 heterocycles. The van der Waals surface area contributed by atoms with Crippen molar-refractivity contribution < 1.29 is 9.18 Å². The minimum Gasteiger partial charge on any atom is -0.368 e. The van der Waals surface area contributed by atoms with E-state index in [1.807, 2.05) is 35.2 Å². The highest BCUT2D eigenvalue weighted by Gasteiger charge is 2.23. The molecule has 1 saturated heterocycles. The molecule has 26 heavy (non-hydrogen) atoms. The summed E-state index contributed by atoms with van der Waals surface area (Å²) >= 11 is 0. The molecule has 0 N–H and O–H groups in total. The number of benzene rings is 2. The summed E-state index contributed by atoms with van der Waals surface area (Å²) in [6.07, 6.45) is 3.38. The monoisotopic (exact) mass is 350 g/mol. The van der Waals surface area contributed by atoms with E-state index in [-0.39, 0.29) is 11.7 Å². The maximum absolute atomic E-state index is 13.1. The predicted molar refractivity (Wildman–Crippen MR) is 98.1 cm³/mol. The van der Waals surface area contributed by atoms with Crippen molar-refractivity contribution in [1.82, 2.24) is 14.7 Å². The Labute approximate surface area is 151 Å². The SMILES string of the molecule is O=C(c1cnn(-c2ccccc2)c1)N1CCN(c2ccc(F)cc2)CC1. The highest BCUT2D eigenvalue weighted by atomic mass is 19.1. The van der Waals surface area contributed by atoms with Gasteiger partial charge in [0.15, 0.2) is 0 Å². The fourth-order valence-corrected chi connectivity index (χ4v) is 3.16. The Morgan fingerprint density at radius 1 is 0.885 bits per heavy atom. The molecule has 132 valence electrons. The molecule has 5 nitrogen and oxygen atoms in total. The highest BCUT2D eigenvalue weighted by Crippen LogP contribution is 2.18. The zero-order valence-corrected chi connectivity index (χ0v) is 14.3. The molecule has 3 aromatic rings. The molecule has 0 spiro atoms. The van der Waals surface area contributed by atoms with Gasteiger partial charge in [-0.25, -0.2) is 9.07 Å². The van der Waals surface area contributed by atoms with Gasteiger partial charge in [0, 0.05) is 38.1 Å². The van der Waals surface area contributed by atoms with Crippen LogP contribution in [0.4, 0.5) is 10.1 Å². The van der Waals surface area contributed by atoms with Gasteiger partial charge in [0.2, 0.25) is 0 Å². The van der Waals surface area contributed by atoms with Crippen LogP contribution in [0.5, 0.6) is 0 Å². The highest BCUT2D eigenvalue weighted by molar-refractivity contribution is 5.94. The summed E-state index contributed by atoms with van der Waals surface area (Å²) < 4.78 is 14.8. The van der Waals surface area contributed by atoms with Crippen molar-refractivity contribution in [1.29, 1.82) is 0 Å². The second kappa shape index (κ2) is 7.00. The lowest BCUT2D eigenvalue weighted by molar-refractivity contribution is 0.0747. The van der Waals surface area contributed by atoms with E-state index in [0.717, 1.165) is 24.5 Å². The molecule has 1 aromatic heterocycles. The zero-order valence-electron chi connectivity index (χ0n) is 14.3. The molecule has 4 rings (SSSR count). The Kier molecular flexibility index (Phi) is 4.39. The largest absolute Gasteiger partial charge is 0.368 e. The first-order valence-electron chi connectivity index (χ1n) is 8.60. The second-order valence-corrected chi connectivity index (χ2v) is 6.26. The van der Waals surface area contributed by atoms with Crippen molar-refractivity contribution in [2.45, 2.75) is 0 Å². The molecule has 0 saturated carbocycles. The quantitative estimate of drug-likeness (QED) is 0.729. The number of carbonyl (C=O) groups is 1. The normalized spacial score (nSPS) is 14.5. The Bertz CT molecular complexity index is 884. The molecule has 0 aliphatic carbocycles. The van der Waals surface area contributed by atoms with E-state index in [2.05, 4.69) is 10.00 Å². The third-order valence-electron chi connectivity index (χ3n) is 4.61. The lowest BCUT2D eigenvalue weighted by atomic mass is 10.2. The molecule has 1 amide bonds. The van der Waals surface area contributed by atoms with Crippen molar-refractivity contribution in [3.8, 4) is 5.69 Å². The van der Waals surface area contributed by atoms with Crippen LogP contribution in [0.25, 0.3) is 5.69 Å². The van der Waals surface area contributed by atoms with Crippen molar-refractivity contribution in [3.05, 3.63) is 78.4 Å². The molecule has 1 aliphatic rings. The van der Waals surface area contributed by atoms with Crippen LogP contribution in [-0.2, 0) is 0 Å². The summed E-state index contributed by atoms with van der Waals surface area (Å²) in [5.41, 5.74) is 2.49. The van der Waals surface area contributed by atoms with Crippen molar-refractivity contribution in [3.63, 3.8) is 0 Å². The molecule has 1 fully saturated rings. The molecule has 1 aliphatic heterocycles. The zero-order chi connectivity index (χ0) is 17.9. The van der Waals surface area contributed by atoms with Gasteiger partial charge in [0.1, 0.15) is 5.82 Å². The second-order valence-electron chi connectivity index (χ2n) is 6.26. The standard InChI is InChI=1S/C20H19FN4O/c21-17-6-8-18(9-7-17)23-10-12-24(13-11-23)20(26)16-14-22-25(15-16)19-4-2-1-3-5-19/h1-9,14-15H,10-13H2. The lowest BCUT2D eigenvalue weighted by Gasteiger charge is -2.36. The van der Waals surface area contributed by atoms with E-state index >= 15 is 0 Å². The average Bonchev–Trinajstić information content (AvgIpc) is 3.19. The summed E-state index contributed by atoms with van der Waals surface area (Å²) in [5.74, 6) is -0.246. The minimum atomic E-state index is -0.238. The molecule has 0 atom stereocenters. The number of rotatable bonds is 3. The molecular weight excluding hydrogens is 331 g/mol. The lowest BCUT2D eigenvalue weighted by Crippen LogP contribution is -2.48. The summed E-state index contributed by atoms with van der Waals surface area (Å²) in [7, 11) is 0. The van der Waals surface area contributed by atoms with Gasteiger partial charge in [0.25, 0.3) is 5.91 Å². The van der Waals surface area contributed by atoms with Gasteiger partial charge in [-0.15, -0.1) is 0 Å². The van der Waals surface area contributed by atoms with E-state index in [9.17, 15) is 9.18 Å². The Morgan fingerprint density at radius 2 is 1.58 bits per heavy atom. The number of hydrogen-bond donors (Lipinski definition) is 0. The van der Waals surface area contributed by atoms with Crippen molar-refractivity contribution >= 4 is 11.6 Å². The predicted octanol–water partition coefficient (Wildman–Crippen LogP) is 2.97. The number of hydrogen-bond acceptors (Lipinski definition) is 3. The van der Waals surface area contributed by atoms with Gasteiger partial charge in [-0.3, -0.25) is 4.79 Å². The van der Waals surface area contributed by atoms with E-state index in [1.165, 1.54) is 12.1 Å². The van der Waals surface area contributed by atoms with Gasteiger partial charge < -0.3 is 9.80 Å². The van der Waals surface area contributed by atoms with Crippen LogP contribution in [-0.4, -0.2) is 46.8 Å². The van der Waals surface area contributed by atoms with Gasteiger partial charge in [0.05, 0.1) is 17.4 Å². The first kappa shape index (κ1) is 16.3. The number of anilines is 1. The number of para-hydroxylation sites is 1. The summed E-state index contributed by atoms with van der Waals surface area (Å²) in [4.78, 5) is 16.7. The fraction of sp³-hybridized carbons (Fsp3) is 0.200. The molecule has 0 radical (unpaired) electrons. The van der Waals surface area contributed by atoms with Gasteiger partial charge >= 0.3 is 0 Å². The van der Waals surface area contributed by atoms with E-state index in [0.29, 0.717) is 18.7 Å². The average molecular weight is 350 g/mol. The molecule has 6 heteroatoms. The van der Waals surface area contributed by atoms with Crippen LogP contribution in [0.3, 0.4) is 0 Å². The number of piperazine rings is 1. The van der Waals surface area contributed by atoms with Crippen molar-refractivity contribution in [2.24, 2.45) is 0 Å². The van der Waals surface area contributed by atoms with Crippen LogP contribution in [0, 0.1) is 5.82 Å². The van der Waals surface area contributed by atoms with Crippen LogP contribution < -0.4 is 4.90 Å². The summed E-state index contributed by atoms with van der Waals surface area (Å²) in [6.45, 7) is 2.72. The Balaban J connectivity index is 1.41. The van der Waals surface area contributed by atoms with Crippen molar-refractivity contribution in [2.75, 3.05) is 31.1 Å². The minimum absolute atomic E-state index is 0.00839. The summed E-state index contributed by atoms with van der Waals surface area (Å²) in [6, 6.07) is 16.2. The number of halogens is 1. The Hall–Kier alpha value is -3.15. The smallest absolute Gasteiger partial charge is 0.257 e. The first-order valence-corrected chi connectivity index (χ1v) is 8.60. The Morgan fingerprint density at radius 3 is 2.27 bits per heavy atom. The number of aromatic nitrogens is 2. The van der Waals surface area contributed by atoms with Gasteiger partial charge in [-0.2, -0.15) is 5.10 Å². The third kappa shape index (κ3) is 3.31. The van der Waals surface area contributed by atoms with E-state index < -0.39 is 0 Å². The van der Waals surface area contributed by atoms with Crippen LogP contribution in [0.1, 0.15) is 10.4 Å². The maximum Gasteiger partial charge on any atom is 0.257 e. The molecule has 0 bridgehead atoms. The topological polar surface area (TPSA) is 41.4 Å². The number of nitrogens with zero attached hydrogens (tertiary/aromatic N) is 4. The van der Waals surface area contributed by atoms with Crippen LogP contribution >= 0.6 is 0 Å². The van der Waals surface area contributed by atoms with E-state index in [4.69, 9.17) is 0 Å². The molecule has 2 aromatic carbocycles.